The van der Waals surface area contributed by atoms with Gasteiger partial charge in [0, 0.05) is 12.4 Å². The predicted molar refractivity (Wildman–Crippen MR) is 118 cm³/mol. The van der Waals surface area contributed by atoms with Gasteiger partial charge in [0.2, 0.25) is 6.10 Å². The Kier molecular flexibility index (Phi) is 6.42. The molecule has 1 unspecified atom stereocenters. The molecule has 0 aliphatic rings. The van der Waals surface area contributed by atoms with Crippen LogP contribution in [-0.2, 0) is 15.1 Å². The van der Waals surface area contributed by atoms with E-state index in [1.54, 1.807) is 0 Å². The zero-order chi connectivity index (χ0) is 23.3. The Morgan fingerprint density at radius 1 is 0.818 bits per heavy atom. The van der Waals surface area contributed by atoms with E-state index in [-0.39, 0.29) is 5.82 Å². The van der Waals surface area contributed by atoms with Gasteiger partial charge in [0.15, 0.2) is 0 Å². The van der Waals surface area contributed by atoms with Gasteiger partial charge in [-0.15, -0.1) is 0 Å². The van der Waals surface area contributed by atoms with Crippen molar-refractivity contribution in [3.05, 3.63) is 126 Å². The molecule has 1 heterocycles. The van der Waals surface area contributed by atoms with Gasteiger partial charge in [0.25, 0.3) is 0 Å². The van der Waals surface area contributed by atoms with Gasteiger partial charge >= 0.3 is 6.18 Å². The quantitative estimate of drug-likeness (QED) is 0.261. The molecule has 0 saturated heterocycles. The number of carbonyl (C=O) groups is 1. The van der Waals surface area contributed by atoms with Gasteiger partial charge < -0.3 is 14.1 Å². The first-order valence-corrected chi connectivity index (χ1v) is 10.3. The minimum absolute atomic E-state index is 0.296. The monoisotopic (exact) mass is 450 g/mol. The summed E-state index contributed by atoms with van der Waals surface area (Å²) in [5.74, 6) is -0.346. The average molecular weight is 450 g/mol. The molecule has 0 spiro atoms. The molecule has 0 saturated carbocycles. The highest BCUT2D eigenvalue weighted by Crippen LogP contribution is 2.44. The van der Waals surface area contributed by atoms with Crippen molar-refractivity contribution >= 4 is 6.29 Å². The summed E-state index contributed by atoms with van der Waals surface area (Å²) < 4.78 is 48.7. The van der Waals surface area contributed by atoms with Crippen LogP contribution in [0.3, 0.4) is 0 Å². The highest BCUT2D eigenvalue weighted by molar-refractivity contribution is 5.52. The highest BCUT2D eigenvalue weighted by Gasteiger charge is 2.48. The fraction of sp³-hybridized carbons (Fsp3) is 0.154. The van der Waals surface area contributed by atoms with Crippen LogP contribution < -0.4 is 0 Å². The Hall–Kier alpha value is -3.71. The Morgan fingerprint density at radius 2 is 1.27 bits per heavy atom. The number of hydrogen-bond donors (Lipinski definition) is 0. The third-order valence-corrected chi connectivity index (χ3v) is 5.47. The summed E-state index contributed by atoms with van der Waals surface area (Å²) in [6, 6.07) is 27.9. The van der Waals surface area contributed by atoms with E-state index in [1.165, 1.54) is 17.0 Å². The second-order valence-electron chi connectivity index (χ2n) is 7.39. The lowest BCUT2D eigenvalue weighted by Crippen LogP contribution is -2.40. The molecule has 4 nitrogen and oxygen atoms in total. The molecule has 3 aromatic carbocycles. The molecule has 4 rings (SSSR count). The number of halogens is 3. The maximum Gasteiger partial charge on any atom is 0.421 e. The van der Waals surface area contributed by atoms with Crippen molar-refractivity contribution in [1.29, 1.82) is 0 Å². The number of benzene rings is 3. The molecular weight excluding hydrogens is 429 g/mol. The van der Waals surface area contributed by atoms with Crippen molar-refractivity contribution in [2.45, 2.75) is 17.8 Å². The highest BCUT2D eigenvalue weighted by atomic mass is 19.4. The number of aromatic nitrogens is 2. The van der Waals surface area contributed by atoms with Gasteiger partial charge in [-0.3, -0.25) is 0 Å². The summed E-state index contributed by atoms with van der Waals surface area (Å²) in [4.78, 5) is 14.9. The molecule has 0 bridgehead atoms. The zero-order valence-electron chi connectivity index (χ0n) is 17.5. The molecule has 4 aromatic rings. The van der Waals surface area contributed by atoms with Crippen LogP contribution in [0.1, 0.15) is 28.6 Å². The standard InChI is InChI=1S/C26H21F3N2O2/c27-26(28,29)23(33-19-18-32)24-30-16-17-31(24)25(20-10-4-1-5-11-20,21-12-6-2-7-13-21)22-14-8-3-9-15-22/h1-18,23H,19H2. The van der Waals surface area contributed by atoms with Gasteiger partial charge in [-0.1, -0.05) is 91.0 Å². The molecule has 0 amide bonds. The minimum atomic E-state index is -4.78. The first-order valence-electron chi connectivity index (χ1n) is 10.3. The average Bonchev–Trinajstić information content (AvgIpc) is 3.31. The molecule has 0 aliphatic heterocycles. The van der Waals surface area contributed by atoms with Crippen LogP contribution in [0, 0.1) is 0 Å². The van der Waals surface area contributed by atoms with E-state index in [4.69, 9.17) is 4.74 Å². The Labute approximate surface area is 189 Å². The Bertz CT molecular complexity index is 1080. The summed E-state index contributed by atoms with van der Waals surface area (Å²) in [7, 11) is 0. The first-order chi connectivity index (χ1) is 16.0. The summed E-state index contributed by atoms with van der Waals surface area (Å²) in [5.41, 5.74) is 1.07. The number of hydrogen-bond acceptors (Lipinski definition) is 3. The number of imidazole rings is 1. The van der Waals surface area contributed by atoms with Crippen LogP contribution in [0.2, 0.25) is 0 Å². The van der Waals surface area contributed by atoms with Crippen molar-refractivity contribution in [2.24, 2.45) is 0 Å². The van der Waals surface area contributed by atoms with E-state index in [1.807, 2.05) is 91.0 Å². The van der Waals surface area contributed by atoms with Crippen molar-refractivity contribution in [3.63, 3.8) is 0 Å². The first kappa shape index (κ1) is 22.5. The maximum absolute atomic E-state index is 14.1. The number of carbonyl (C=O) groups excluding carboxylic acids is 1. The number of nitrogens with zero attached hydrogens (tertiary/aromatic N) is 2. The van der Waals surface area contributed by atoms with Gasteiger partial charge in [-0.25, -0.2) is 4.98 Å². The molecular formula is C26H21F3N2O2. The van der Waals surface area contributed by atoms with E-state index < -0.39 is 24.4 Å². The van der Waals surface area contributed by atoms with Crippen LogP contribution in [0.25, 0.3) is 0 Å². The third-order valence-electron chi connectivity index (χ3n) is 5.47. The maximum atomic E-state index is 14.1. The van der Waals surface area contributed by atoms with Gasteiger partial charge in [-0.05, 0) is 16.7 Å². The second kappa shape index (κ2) is 9.42. The molecule has 1 aromatic heterocycles. The number of rotatable bonds is 8. The molecule has 0 radical (unpaired) electrons. The summed E-state index contributed by atoms with van der Waals surface area (Å²) in [6.45, 7) is -0.702. The minimum Gasteiger partial charge on any atom is -0.354 e. The molecule has 0 fully saturated rings. The molecule has 1 atom stereocenters. The lowest BCUT2D eigenvalue weighted by Gasteiger charge is -2.39. The summed E-state index contributed by atoms with van der Waals surface area (Å²) in [5, 5.41) is 0. The van der Waals surface area contributed by atoms with E-state index in [9.17, 15) is 18.0 Å². The van der Waals surface area contributed by atoms with Crippen LogP contribution in [0.5, 0.6) is 0 Å². The number of ether oxygens (including phenoxy) is 1. The molecule has 33 heavy (non-hydrogen) atoms. The fourth-order valence-corrected chi connectivity index (χ4v) is 4.20. The second-order valence-corrected chi connectivity index (χ2v) is 7.39. The van der Waals surface area contributed by atoms with E-state index in [0.717, 1.165) is 16.7 Å². The Balaban J connectivity index is 2.09. The Morgan fingerprint density at radius 3 is 1.67 bits per heavy atom. The molecule has 168 valence electrons. The van der Waals surface area contributed by atoms with Crippen molar-refractivity contribution in [1.82, 2.24) is 9.55 Å². The van der Waals surface area contributed by atoms with Gasteiger partial charge in [0.05, 0.1) is 0 Å². The molecule has 0 N–H and O–H groups in total. The summed E-state index contributed by atoms with van der Waals surface area (Å²) >= 11 is 0. The lowest BCUT2D eigenvalue weighted by atomic mass is 9.76. The van der Waals surface area contributed by atoms with E-state index in [2.05, 4.69) is 4.98 Å². The number of alkyl halides is 3. The topological polar surface area (TPSA) is 44.1 Å². The van der Waals surface area contributed by atoms with Crippen molar-refractivity contribution in [3.8, 4) is 0 Å². The lowest BCUT2D eigenvalue weighted by molar-refractivity contribution is -0.225. The van der Waals surface area contributed by atoms with Crippen LogP contribution in [0.15, 0.2) is 103 Å². The predicted octanol–water partition coefficient (Wildman–Crippen LogP) is 5.54. The fourth-order valence-electron chi connectivity index (χ4n) is 4.20. The third kappa shape index (κ3) is 4.19. The van der Waals surface area contributed by atoms with Crippen molar-refractivity contribution in [2.75, 3.05) is 6.61 Å². The number of aldehydes is 1. The van der Waals surface area contributed by atoms with Crippen LogP contribution in [-0.4, -0.2) is 28.6 Å². The zero-order valence-corrected chi connectivity index (χ0v) is 17.5. The van der Waals surface area contributed by atoms with Gasteiger partial charge in [0.1, 0.15) is 24.3 Å². The normalized spacial score (nSPS) is 12.9. The van der Waals surface area contributed by atoms with Crippen molar-refractivity contribution < 1.29 is 22.7 Å². The van der Waals surface area contributed by atoms with Crippen LogP contribution in [0.4, 0.5) is 13.2 Å². The summed E-state index contributed by atoms with van der Waals surface area (Å²) in [6.07, 6.45) is -4.02. The molecule has 7 heteroatoms. The van der Waals surface area contributed by atoms with E-state index in [0.29, 0.717) is 6.29 Å². The van der Waals surface area contributed by atoms with E-state index >= 15 is 0 Å². The molecule has 0 aliphatic carbocycles. The van der Waals surface area contributed by atoms with Gasteiger partial charge in [-0.2, -0.15) is 13.2 Å². The smallest absolute Gasteiger partial charge is 0.354 e. The largest absolute Gasteiger partial charge is 0.421 e. The van der Waals surface area contributed by atoms with Crippen LogP contribution >= 0.6 is 0 Å². The SMILES string of the molecule is O=CCOC(c1nccn1C(c1ccccc1)(c1ccccc1)c1ccccc1)C(F)(F)F.